The number of fused-ring (bicyclic) bond motifs is 5. The van der Waals surface area contributed by atoms with Gasteiger partial charge < -0.3 is 9.64 Å². The molecule has 0 unspecified atom stereocenters. The van der Waals surface area contributed by atoms with Crippen molar-refractivity contribution in [2.24, 2.45) is 11.8 Å². The molecule has 3 aliphatic heterocycles. The fourth-order valence-electron chi connectivity index (χ4n) is 5.75. The lowest BCUT2D eigenvalue weighted by atomic mass is 9.83. The standard InChI is InChI=1S/C28H19BrCl2N2O4/c1-37-21-9-6-15(12-18(21)29)26(34)25-23-22(24-17-5-3-2-4-14(17)10-11-32(24)25)27(35)33(28(23)36)20-8-7-16(30)13-19(20)31/h2-13,22-25H,1H3/t22-,23+,24+,25+/m0/s1. The first-order chi connectivity index (χ1) is 17.8. The summed E-state index contributed by atoms with van der Waals surface area (Å²) in [5.74, 6) is -2.17. The van der Waals surface area contributed by atoms with E-state index in [1.165, 1.54) is 6.07 Å². The zero-order chi connectivity index (χ0) is 26.0. The van der Waals surface area contributed by atoms with Gasteiger partial charge in [-0.15, -0.1) is 0 Å². The van der Waals surface area contributed by atoms with Gasteiger partial charge in [0.15, 0.2) is 5.78 Å². The Morgan fingerprint density at radius 1 is 0.973 bits per heavy atom. The molecule has 0 aliphatic carbocycles. The third kappa shape index (κ3) is 3.63. The van der Waals surface area contributed by atoms with Gasteiger partial charge in [-0.25, -0.2) is 4.90 Å². The van der Waals surface area contributed by atoms with Gasteiger partial charge in [0.2, 0.25) is 11.8 Å². The van der Waals surface area contributed by atoms with Crippen LogP contribution in [-0.2, 0) is 9.59 Å². The number of amides is 2. The van der Waals surface area contributed by atoms with E-state index in [1.807, 2.05) is 41.4 Å². The first-order valence-electron chi connectivity index (χ1n) is 11.6. The number of anilines is 1. The predicted molar refractivity (Wildman–Crippen MR) is 145 cm³/mol. The molecule has 9 heteroatoms. The summed E-state index contributed by atoms with van der Waals surface area (Å²) in [6, 6.07) is 16.1. The van der Waals surface area contributed by atoms with Crippen LogP contribution in [0.4, 0.5) is 5.69 Å². The van der Waals surface area contributed by atoms with E-state index in [0.29, 0.717) is 20.8 Å². The molecule has 186 valence electrons. The highest BCUT2D eigenvalue weighted by Crippen LogP contribution is 2.54. The van der Waals surface area contributed by atoms with Gasteiger partial charge in [-0.1, -0.05) is 47.5 Å². The summed E-state index contributed by atoms with van der Waals surface area (Å²) in [5.41, 5.74) is 2.52. The molecule has 37 heavy (non-hydrogen) atoms. The number of ketones is 1. The molecular weight excluding hydrogens is 579 g/mol. The average Bonchev–Trinajstić information content (AvgIpc) is 3.36. The van der Waals surface area contributed by atoms with Gasteiger partial charge in [-0.05, 0) is 69.5 Å². The number of imide groups is 1. The Hall–Kier alpha value is -3.13. The van der Waals surface area contributed by atoms with E-state index in [2.05, 4.69) is 15.9 Å². The lowest BCUT2D eigenvalue weighted by molar-refractivity contribution is -0.123. The molecule has 3 aliphatic rings. The van der Waals surface area contributed by atoms with Crippen LogP contribution in [0.2, 0.25) is 10.0 Å². The molecule has 2 amide bonds. The second-order valence-corrected chi connectivity index (χ2v) is 10.9. The van der Waals surface area contributed by atoms with Crippen LogP contribution in [0, 0.1) is 11.8 Å². The summed E-state index contributed by atoms with van der Waals surface area (Å²) >= 11 is 15.9. The number of ether oxygens (including phenoxy) is 1. The topological polar surface area (TPSA) is 66.9 Å². The van der Waals surface area contributed by atoms with Gasteiger partial charge in [-0.3, -0.25) is 14.4 Å². The average molecular weight is 598 g/mol. The van der Waals surface area contributed by atoms with Crippen LogP contribution in [0.1, 0.15) is 27.5 Å². The molecule has 6 rings (SSSR count). The fourth-order valence-corrected chi connectivity index (χ4v) is 6.78. The third-order valence-corrected chi connectivity index (χ3v) is 8.47. The Kier molecular flexibility index (Phi) is 5.90. The summed E-state index contributed by atoms with van der Waals surface area (Å²) in [6.45, 7) is 0. The zero-order valence-corrected chi connectivity index (χ0v) is 22.5. The number of halogens is 3. The van der Waals surface area contributed by atoms with Crippen molar-refractivity contribution in [3.05, 3.63) is 98.1 Å². The number of benzene rings is 3. The maximum Gasteiger partial charge on any atom is 0.240 e. The number of Topliss-reactive ketones (excluding diaryl/α,β-unsaturated/α-hetero) is 1. The van der Waals surface area contributed by atoms with Crippen molar-refractivity contribution in [3.63, 3.8) is 0 Å². The van der Waals surface area contributed by atoms with Crippen LogP contribution in [0.25, 0.3) is 6.08 Å². The molecule has 0 radical (unpaired) electrons. The maximum absolute atomic E-state index is 14.1. The molecule has 0 saturated carbocycles. The number of carbonyl (C=O) groups excluding carboxylic acids is 3. The smallest absolute Gasteiger partial charge is 0.240 e. The molecule has 6 nitrogen and oxygen atoms in total. The van der Waals surface area contributed by atoms with Crippen LogP contribution in [0.3, 0.4) is 0 Å². The fraction of sp³-hybridized carbons (Fsp3) is 0.179. The lowest BCUT2D eigenvalue weighted by Gasteiger charge is -2.35. The summed E-state index contributed by atoms with van der Waals surface area (Å²) in [5, 5.41) is 0.584. The van der Waals surface area contributed by atoms with E-state index in [1.54, 1.807) is 37.4 Å². The number of hydrogen-bond acceptors (Lipinski definition) is 5. The summed E-state index contributed by atoms with van der Waals surface area (Å²) in [4.78, 5) is 45.0. The van der Waals surface area contributed by atoms with Gasteiger partial charge in [0.1, 0.15) is 11.8 Å². The van der Waals surface area contributed by atoms with Crippen LogP contribution in [-0.4, -0.2) is 35.6 Å². The van der Waals surface area contributed by atoms with Crippen LogP contribution in [0.5, 0.6) is 5.75 Å². The monoisotopic (exact) mass is 596 g/mol. The maximum atomic E-state index is 14.1. The van der Waals surface area contributed by atoms with Crippen molar-refractivity contribution < 1.29 is 19.1 Å². The highest BCUT2D eigenvalue weighted by molar-refractivity contribution is 9.10. The number of carbonyl (C=O) groups is 3. The molecule has 4 atom stereocenters. The van der Waals surface area contributed by atoms with E-state index in [4.69, 9.17) is 27.9 Å². The highest BCUT2D eigenvalue weighted by atomic mass is 79.9. The molecule has 3 heterocycles. The number of hydrogen-bond donors (Lipinski definition) is 0. The SMILES string of the molecule is COc1ccc(C(=O)[C@H]2[C@@H]3C(=O)N(c4ccc(Cl)cc4Cl)C(=O)[C@@H]3[C@H]3c4ccccc4C=CN32)cc1Br. The Morgan fingerprint density at radius 3 is 2.46 bits per heavy atom. The Balaban J connectivity index is 1.49. The Bertz CT molecular complexity index is 1520. The zero-order valence-electron chi connectivity index (χ0n) is 19.4. The van der Waals surface area contributed by atoms with Crippen LogP contribution >= 0.6 is 39.1 Å². The lowest BCUT2D eigenvalue weighted by Crippen LogP contribution is -2.44. The normalized spacial score (nSPS) is 23.7. The minimum Gasteiger partial charge on any atom is -0.496 e. The molecule has 0 aromatic heterocycles. The van der Waals surface area contributed by atoms with Crippen molar-refractivity contribution in [1.82, 2.24) is 4.90 Å². The van der Waals surface area contributed by atoms with E-state index in [9.17, 15) is 14.4 Å². The number of nitrogens with zero attached hydrogens (tertiary/aromatic N) is 2. The van der Waals surface area contributed by atoms with Crippen LogP contribution in [0.15, 0.2) is 71.3 Å². The minimum absolute atomic E-state index is 0.192. The van der Waals surface area contributed by atoms with Crippen molar-refractivity contribution in [2.45, 2.75) is 12.1 Å². The number of rotatable bonds is 4. The second kappa shape index (κ2) is 9.01. The van der Waals surface area contributed by atoms with E-state index in [0.717, 1.165) is 16.0 Å². The van der Waals surface area contributed by atoms with E-state index < -0.39 is 29.8 Å². The quantitative estimate of drug-likeness (QED) is 0.266. The molecule has 2 fully saturated rings. The predicted octanol–water partition coefficient (Wildman–Crippen LogP) is 6.16. The first-order valence-corrected chi connectivity index (χ1v) is 13.1. The Labute approximate surface area is 231 Å². The third-order valence-electron chi connectivity index (χ3n) is 7.32. The molecule has 0 bridgehead atoms. The van der Waals surface area contributed by atoms with Gasteiger partial charge in [0, 0.05) is 16.8 Å². The largest absolute Gasteiger partial charge is 0.496 e. The summed E-state index contributed by atoms with van der Waals surface area (Å²) < 4.78 is 5.93. The van der Waals surface area contributed by atoms with Crippen molar-refractivity contribution >= 4 is 68.5 Å². The summed E-state index contributed by atoms with van der Waals surface area (Å²) in [6.07, 6.45) is 3.74. The van der Waals surface area contributed by atoms with Crippen molar-refractivity contribution in [1.29, 1.82) is 0 Å². The number of methoxy groups -OCH3 is 1. The van der Waals surface area contributed by atoms with E-state index in [-0.39, 0.29) is 22.4 Å². The highest BCUT2D eigenvalue weighted by Gasteiger charge is 2.64. The molecule has 3 aromatic rings. The molecular formula is C28H19BrCl2N2O4. The van der Waals surface area contributed by atoms with Gasteiger partial charge in [0.25, 0.3) is 0 Å². The molecule has 0 spiro atoms. The molecule has 0 N–H and O–H groups in total. The van der Waals surface area contributed by atoms with Gasteiger partial charge >= 0.3 is 0 Å². The molecule has 2 saturated heterocycles. The summed E-state index contributed by atoms with van der Waals surface area (Å²) in [7, 11) is 1.54. The first kappa shape index (κ1) is 24.2. The second-order valence-electron chi connectivity index (χ2n) is 9.15. The van der Waals surface area contributed by atoms with Gasteiger partial charge in [-0.2, -0.15) is 0 Å². The van der Waals surface area contributed by atoms with Gasteiger partial charge in [0.05, 0.1) is 40.2 Å². The minimum atomic E-state index is -0.895. The molecule has 3 aromatic carbocycles. The van der Waals surface area contributed by atoms with Crippen molar-refractivity contribution in [3.8, 4) is 5.75 Å². The van der Waals surface area contributed by atoms with Crippen molar-refractivity contribution in [2.75, 3.05) is 12.0 Å². The van der Waals surface area contributed by atoms with Crippen LogP contribution < -0.4 is 9.64 Å². The van der Waals surface area contributed by atoms with E-state index >= 15 is 0 Å². The Morgan fingerprint density at radius 2 is 1.73 bits per heavy atom.